The Hall–Kier alpha value is -2.48. The van der Waals surface area contributed by atoms with Crippen LogP contribution in [0.2, 0.25) is 0 Å². The molecule has 0 saturated carbocycles. The van der Waals surface area contributed by atoms with Crippen molar-refractivity contribution in [2.24, 2.45) is 0 Å². The third-order valence-corrected chi connectivity index (χ3v) is 3.37. The number of hydrogen-bond acceptors (Lipinski definition) is 6. The fraction of sp³-hybridized carbons (Fsp3) is 0.167. The molecule has 20 heavy (non-hydrogen) atoms. The summed E-state index contributed by atoms with van der Waals surface area (Å²) in [7, 11) is 0. The summed E-state index contributed by atoms with van der Waals surface area (Å²) in [6, 6.07) is 7.48. The van der Waals surface area contributed by atoms with Crippen LogP contribution in [0.15, 0.2) is 29.6 Å². The number of thiazole rings is 1. The summed E-state index contributed by atoms with van der Waals surface area (Å²) in [5.74, 6) is -0.170. The second kappa shape index (κ2) is 5.25. The number of amides is 1. The van der Waals surface area contributed by atoms with E-state index in [2.05, 4.69) is 20.5 Å². The predicted octanol–water partition coefficient (Wildman–Crippen LogP) is 0.786. The van der Waals surface area contributed by atoms with Crippen molar-refractivity contribution in [2.45, 2.75) is 13.1 Å². The fourth-order valence-electron chi connectivity index (χ4n) is 1.75. The van der Waals surface area contributed by atoms with Gasteiger partial charge >= 0.3 is 0 Å². The summed E-state index contributed by atoms with van der Waals surface area (Å²) in [5.41, 5.74) is 7.81. The van der Waals surface area contributed by atoms with Crippen LogP contribution in [0.4, 0.5) is 5.13 Å². The van der Waals surface area contributed by atoms with E-state index < -0.39 is 0 Å². The van der Waals surface area contributed by atoms with Crippen molar-refractivity contribution in [3.63, 3.8) is 0 Å². The summed E-state index contributed by atoms with van der Waals surface area (Å²) < 4.78 is 0. The van der Waals surface area contributed by atoms with Crippen molar-refractivity contribution >= 4 is 33.4 Å². The van der Waals surface area contributed by atoms with Gasteiger partial charge < -0.3 is 11.1 Å². The van der Waals surface area contributed by atoms with Crippen molar-refractivity contribution in [1.29, 1.82) is 0 Å². The molecular weight excluding hydrogens is 276 g/mol. The van der Waals surface area contributed by atoms with Crippen molar-refractivity contribution < 1.29 is 4.79 Å². The van der Waals surface area contributed by atoms with Crippen LogP contribution in [0.5, 0.6) is 0 Å². The molecule has 0 aliphatic rings. The minimum absolute atomic E-state index is 0.0777. The summed E-state index contributed by atoms with van der Waals surface area (Å²) in [5, 5.41) is 13.5. The number of nitrogens with two attached hydrogens (primary N) is 1. The first-order valence-electron chi connectivity index (χ1n) is 5.97. The Labute approximate surface area is 118 Å². The van der Waals surface area contributed by atoms with E-state index in [1.165, 1.54) is 16.1 Å². The van der Waals surface area contributed by atoms with Crippen LogP contribution in [0.1, 0.15) is 5.69 Å². The highest BCUT2D eigenvalue weighted by Gasteiger charge is 2.07. The average molecular weight is 288 g/mol. The van der Waals surface area contributed by atoms with Gasteiger partial charge in [0.2, 0.25) is 5.91 Å². The highest BCUT2D eigenvalue weighted by Crippen LogP contribution is 2.10. The third kappa shape index (κ3) is 2.75. The Balaban J connectivity index is 1.60. The Morgan fingerprint density at radius 3 is 2.60 bits per heavy atom. The molecule has 1 aromatic carbocycles. The van der Waals surface area contributed by atoms with Crippen LogP contribution < -0.4 is 11.1 Å². The van der Waals surface area contributed by atoms with E-state index in [4.69, 9.17) is 5.73 Å². The molecule has 0 radical (unpaired) electrons. The first-order valence-corrected chi connectivity index (χ1v) is 6.85. The molecule has 3 N–H and O–H groups in total. The van der Waals surface area contributed by atoms with Crippen LogP contribution in [0.25, 0.3) is 11.0 Å². The van der Waals surface area contributed by atoms with Gasteiger partial charge in [0.05, 0.1) is 12.2 Å². The van der Waals surface area contributed by atoms with Gasteiger partial charge in [-0.1, -0.05) is 12.1 Å². The summed E-state index contributed by atoms with van der Waals surface area (Å²) in [6.07, 6.45) is 0. The lowest BCUT2D eigenvalue weighted by molar-refractivity contribution is -0.122. The standard InChI is InChI=1S/C12H12N6OS/c13-12-15-8(7-20-12)5-14-11(19)6-18-16-9-3-1-2-4-10(9)17-18/h1-4,7H,5-6H2,(H2,13,15)(H,14,19). The Morgan fingerprint density at radius 2 is 2.00 bits per heavy atom. The second-order valence-electron chi connectivity index (χ2n) is 4.17. The maximum Gasteiger partial charge on any atom is 0.243 e. The van der Waals surface area contributed by atoms with E-state index in [9.17, 15) is 4.79 Å². The number of carbonyl (C=O) groups is 1. The number of fused-ring (bicyclic) bond motifs is 1. The Bertz CT molecular complexity index is 716. The molecule has 0 aliphatic carbocycles. The molecule has 8 heteroatoms. The summed E-state index contributed by atoms with van der Waals surface area (Å²) in [4.78, 5) is 17.3. The quantitative estimate of drug-likeness (QED) is 0.739. The minimum atomic E-state index is -0.170. The number of nitrogens with zero attached hydrogens (tertiary/aromatic N) is 4. The summed E-state index contributed by atoms with van der Waals surface area (Å²) >= 11 is 1.35. The molecule has 102 valence electrons. The van der Waals surface area contributed by atoms with Gasteiger partial charge in [0, 0.05) is 5.38 Å². The van der Waals surface area contributed by atoms with Crippen LogP contribution in [-0.2, 0) is 17.9 Å². The largest absolute Gasteiger partial charge is 0.375 e. The molecule has 0 saturated heterocycles. The number of nitrogens with one attached hydrogen (secondary N) is 1. The van der Waals surface area contributed by atoms with E-state index in [1.54, 1.807) is 0 Å². The van der Waals surface area contributed by atoms with E-state index in [1.807, 2.05) is 29.6 Å². The molecule has 0 atom stereocenters. The van der Waals surface area contributed by atoms with Crippen molar-refractivity contribution in [3.8, 4) is 0 Å². The van der Waals surface area contributed by atoms with E-state index in [-0.39, 0.29) is 12.5 Å². The maximum absolute atomic E-state index is 11.8. The van der Waals surface area contributed by atoms with Crippen molar-refractivity contribution in [3.05, 3.63) is 35.3 Å². The molecule has 0 fully saturated rings. The molecule has 7 nitrogen and oxygen atoms in total. The number of rotatable bonds is 4. The van der Waals surface area contributed by atoms with Gasteiger partial charge in [-0.3, -0.25) is 4.79 Å². The first-order chi connectivity index (χ1) is 9.70. The number of benzene rings is 1. The van der Waals surface area contributed by atoms with Gasteiger partial charge in [-0.05, 0) is 12.1 Å². The highest BCUT2D eigenvalue weighted by molar-refractivity contribution is 7.13. The van der Waals surface area contributed by atoms with E-state index in [0.717, 1.165) is 16.7 Å². The van der Waals surface area contributed by atoms with Gasteiger partial charge in [0.15, 0.2) is 5.13 Å². The zero-order valence-electron chi connectivity index (χ0n) is 10.5. The average Bonchev–Trinajstić information content (AvgIpc) is 3.01. The Morgan fingerprint density at radius 1 is 1.30 bits per heavy atom. The monoisotopic (exact) mass is 288 g/mol. The molecule has 0 aliphatic heterocycles. The predicted molar refractivity (Wildman–Crippen MR) is 75.9 cm³/mol. The molecule has 3 rings (SSSR count). The molecule has 1 amide bonds. The normalized spacial score (nSPS) is 10.8. The van der Waals surface area contributed by atoms with Crippen molar-refractivity contribution in [1.82, 2.24) is 25.3 Å². The van der Waals surface area contributed by atoms with E-state index >= 15 is 0 Å². The van der Waals surface area contributed by atoms with Crippen LogP contribution in [-0.4, -0.2) is 25.9 Å². The first kappa shape index (κ1) is 12.5. The van der Waals surface area contributed by atoms with Gasteiger partial charge in [-0.25, -0.2) is 4.98 Å². The van der Waals surface area contributed by atoms with Crippen LogP contribution >= 0.6 is 11.3 Å². The van der Waals surface area contributed by atoms with Gasteiger partial charge in [-0.15, -0.1) is 11.3 Å². The third-order valence-electron chi connectivity index (χ3n) is 2.65. The Kier molecular flexibility index (Phi) is 3.30. The SMILES string of the molecule is Nc1nc(CNC(=O)Cn2nc3ccccc3n2)cs1. The lowest BCUT2D eigenvalue weighted by Gasteiger charge is -2.02. The summed E-state index contributed by atoms with van der Waals surface area (Å²) in [6.45, 7) is 0.432. The molecular formula is C12H12N6OS. The second-order valence-corrected chi connectivity index (χ2v) is 5.06. The maximum atomic E-state index is 11.8. The minimum Gasteiger partial charge on any atom is -0.375 e. The molecule has 0 spiro atoms. The van der Waals surface area contributed by atoms with Crippen molar-refractivity contribution in [2.75, 3.05) is 5.73 Å². The molecule has 2 heterocycles. The van der Waals surface area contributed by atoms with Gasteiger partial charge in [0.1, 0.15) is 17.6 Å². The molecule has 2 aromatic heterocycles. The number of anilines is 1. The zero-order chi connectivity index (χ0) is 13.9. The fourth-order valence-corrected chi connectivity index (χ4v) is 2.32. The zero-order valence-corrected chi connectivity index (χ0v) is 11.3. The lowest BCUT2D eigenvalue weighted by Crippen LogP contribution is -2.28. The number of hydrogen-bond donors (Lipinski definition) is 2. The smallest absolute Gasteiger partial charge is 0.243 e. The lowest BCUT2D eigenvalue weighted by atomic mass is 10.3. The van der Waals surface area contributed by atoms with E-state index in [0.29, 0.717) is 11.7 Å². The highest BCUT2D eigenvalue weighted by atomic mass is 32.1. The number of aromatic nitrogens is 4. The number of nitrogen functional groups attached to an aromatic ring is 1. The van der Waals surface area contributed by atoms with Gasteiger partial charge in [-0.2, -0.15) is 15.0 Å². The molecule has 3 aromatic rings. The number of carbonyl (C=O) groups excluding carboxylic acids is 1. The molecule has 0 bridgehead atoms. The van der Waals surface area contributed by atoms with Crippen LogP contribution in [0, 0.1) is 0 Å². The van der Waals surface area contributed by atoms with Gasteiger partial charge in [0.25, 0.3) is 0 Å². The molecule has 0 unspecified atom stereocenters. The van der Waals surface area contributed by atoms with Crippen LogP contribution in [0.3, 0.4) is 0 Å². The topological polar surface area (TPSA) is 98.7 Å².